The summed E-state index contributed by atoms with van der Waals surface area (Å²) in [4.78, 5) is 0. The average molecular weight is 287 g/mol. The zero-order valence-corrected chi connectivity index (χ0v) is 10.1. The van der Waals surface area contributed by atoms with E-state index in [4.69, 9.17) is 0 Å². The van der Waals surface area contributed by atoms with Gasteiger partial charge in [-0.3, -0.25) is 0 Å². The standard InChI is InChI=1S/C13H6BF6/c1-5-7(2-6(15)3-8(5)16)14-11-9(17)4-10(18)12(19)13(11)20/h2-4H,1H3. The van der Waals surface area contributed by atoms with Crippen LogP contribution in [-0.4, -0.2) is 7.28 Å². The van der Waals surface area contributed by atoms with E-state index < -0.39 is 40.4 Å². The molecule has 0 heterocycles. The zero-order valence-electron chi connectivity index (χ0n) is 10.1. The molecule has 0 aromatic heterocycles. The smallest absolute Gasteiger partial charge is 0.200 e. The molecule has 0 N–H and O–H groups in total. The normalized spacial score (nSPS) is 10.8. The lowest BCUT2D eigenvalue weighted by Crippen LogP contribution is -2.35. The first-order valence-electron chi connectivity index (χ1n) is 5.44. The molecule has 103 valence electrons. The van der Waals surface area contributed by atoms with E-state index in [1.807, 2.05) is 0 Å². The molecule has 0 aliphatic rings. The summed E-state index contributed by atoms with van der Waals surface area (Å²) in [5, 5.41) is 0. The Morgan fingerprint density at radius 1 is 0.750 bits per heavy atom. The summed E-state index contributed by atoms with van der Waals surface area (Å²) in [5.74, 6) is -8.54. The van der Waals surface area contributed by atoms with E-state index in [0.717, 1.165) is 6.07 Å². The van der Waals surface area contributed by atoms with Crippen molar-refractivity contribution in [3.63, 3.8) is 0 Å². The van der Waals surface area contributed by atoms with E-state index in [-0.39, 0.29) is 17.1 Å². The molecule has 7 heteroatoms. The van der Waals surface area contributed by atoms with Gasteiger partial charge >= 0.3 is 0 Å². The van der Waals surface area contributed by atoms with Gasteiger partial charge in [-0.15, -0.1) is 0 Å². The Morgan fingerprint density at radius 3 is 2.05 bits per heavy atom. The van der Waals surface area contributed by atoms with Crippen LogP contribution in [0.2, 0.25) is 0 Å². The maximum absolute atomic E-state index is 13.5. The lowest BCUT2D eigenvalue weighted by Gasteiger charge is -2.09. The summed E-state index contributed by atoms with van der Waals surface area (Å²) in [6.07, 6.45) is 0. The highest BCUT2D eigenvalue weighted by Crippen LogP contribution is 2.11. The van der Waals surface area contributed by atoms with Crippen LogP contribution in [0.4, 0.5) is 26.3 Å². The van der Waals surface area contributed by atoms with Crippen LogP contribution in [0.5, 0.6) is 0 Å². The maximum Gasteiger partial charge on any atom is 0.200 e. The van der Waals surface area contributed by atoms with Gasteiger partial charge in [-0.25, -0.2) is 26.3 Å². The Bertz CT molecular complexity index is 683. The third-order valence-electron chi connectivity index (χ3n) is 2.80. The molecule has 0 saturated carbocycles. The van der Waals surface area contributed by atoms with Gasteiger partial charge in [0.15, 0.2) is 24.7 Å². The molecular weight excluding hydrogens is 281 g/mol. The van der Waals surface area contributed by atoms with E-state index in [1.165, 1.54) is 6.92 Å². The molecule has 0 amide bonds. The topological polar surface area (TPSA) is 0 Å². The van der Waals surface area contributed by atoms with E-state index >= 15 is 0 Å². The van der Waals surface area contributed by atoms with Crippen molar-refractivity contribution in [1.29, 1.82) is 0 Å². The molecule has 2 aromatic rings. The molecular formula is C13H6BF6. The van der Waals surface area contributed by atoms with Gasteiger partial charge in [0.1, 0.15) is 17.5 Å². The van der Waals surface area contributed by atoms with Crippen LogP contribution in [-0.2, 0) is 0 Å². The van der Waals surface area contributed by atoms with Gasteiger partial charge in [0.05, 0.1) is 0 Å². The monoisotopic (exact) mass is 287 g/mol. The summed E-state index contributed by atoms with van der Waals surface area (Å²) in [6, 6.07) is 1.60. The molecule has 0 aliphatic heterocycles. The van der Waals surface area contributed by atoms with Crippen LogP contribution >= 0.6 is 0 Å². The highest BCUT2D eigenvalue weighted by atomic mass is 19.2. The molecule has 20 heavy (non-hydrogen) atoms. The molecule has 2 aromatic carbocycles. The third kappa shape index (κ3) is 2.52. The second-order valence-electron chi connectivity index (χ2n) is 4.13. The molecule has 0 bridgehead atoms. The van der Waals surface area contributed by atoms with Gasteiger partial charge in [-0.2, -0.15) is 0 Å². The highest BCUT2D eigenvalue weighted by molar-refractivity contribution is 6.67. The van der Waals surface area contributed by atoms with E-state index in [0.29, 0.717) is 13.3 Å². The third-order valence-corrected chi connectivity index (χ3v) is 2.80. The van der Waals surface area contributed by atoms with E-state index in [9.17, 15) is 26.3 Å². The van der Waals surface area contributed by atoms with Crippen LogP contribution in [0.1, 0.15) is 5.56 Å². The molecule has 2 rings (SSSR count). The quantitative estimate of drug-likeness (QED) is 0.344. The molecule has 0 spiro atoms. The lowest BCUT2D eigenvalue weighted by atomic mass is 9.62. The van der Waals surface area contributed by atoms with Gasteiger partial charge in [-0.05, 0) is 24.0 Å². The predicted octanol–water partition coefficient (Wildman–Crippen LogP) is 2.48. The van der Waals surface area contributed by atoms with Crippen LogP contribution < -0.4 is 10.9 Å². The summed E-state index contributed by atoms with van der Waals surface area (Å²) in [5.41, 5.74) is -1.15. The largest absolute Gasteiger partial charge is 0.207 e. The Kier molecular flexibility index (Phi) is 3.79. The minimum atomic E-state index is -1.85. The first-order chi connectivity index (χ1) is 9.31. The second kappa shape index (κ2) is 5.23. The Morgan fingerprint density at radius 2 is 1.40 bits per heavy atom. The molecule has 0 unspecified atom stereocenters. The fourth-order valence-electron chi connectivity index (χ4n) is 1.68. The summed E-state index contributed by atoms with van der Waals surface area (Å²) < 4.78 is 79.1. The molecule has 0 atom stereocenters. The Hall–Kier alpha value is -1.92. The summed E-state index contributed by atoms with van der Waals surface area (Å²) in [7, 11) is 0.717. The van der Waals surface area contributed by atoms with E-state index in [2.05, 4.69) is 0 Å². The maximum atomic E-state index is 13.5. The van der Waals surface area contributed by atoms with Crippen molar-refractivity contribution < 1.29 is 26.3 Å². The number of rotatable bonds is 2. The summed E-state index contributed by atoms with van der Waals surface area (Å²) in [6.45, 7) is 1.26. The fraction of sp³-hybridized carbons (Fsp3) is 0.0769. The van der Waals surface area contributed by atoms with Gasteiger partial charge in [0.25, 0.3) is 0 Å². The predicted molar refractivity (Wildman–Crippen MR) is 62.4 cm³/mol. The highest BCUT2D eigenvalue weighted by Gasteiger charge is 2.21. The van der Waals surface area contributed by atoms with Crippen molar-refractivity contribution in [2.75, 3.05) is 0 Å². The zero-order chi connectivity index (χ0) is 15.0. The first kappa shape index (κ1) is 14.5. The van der Waals surface area contributed by atoms with Crippen LogP contribution in [0.15, 0.2) is 18.2 Å². The summed E-state index contributed by atoms with van der Waals surface area (Å²) >= 11 is 0. The molecule has 0 aliphatic carbocycles. The molecule has 0 saturated heterocycles. The van der Waals surface area contributed by atoms with Gasteiger partial charge in [-0.1, -0.05) is 5.46 Å². The molecule has 0 fully saturated rings. The van der Waals surface area contributed by atoms with Gasteiger partial charge in [0, 0.05) is 12.1 Å². The van der Waals surface area contributed by atoms with Crippen molar-refractivity contribution in [1.82, 2.24) is 0 Å². The number of hydrogen-bond acceptors (Lipinski definition) is 0. The van der Waals surface area contributed by atoms with Crippen molar-refractivity contribution in [3.8, 4) is 0 Å². The number of benzene rings is 2. The van der Waals surface area contributed by atoms with E-state index in [1.54, 1.807) is 0 Å². The number of hydrogen-bond donors (Lipinski definition) is 0. The van der Waals surface area contributed by atoms with Gasteiger partial charge in [0.2, 0.25) is 0 Å². The Labute approximate surface area is 111 Å². The van der Waals surface area contributed by atoms with Crippen molar-refractivity contribution in [3.05, 3.63) is 58.7 Å². The van der Waals surface area contributed by atoms with Crippen LogP contribution in [0, 0.1) is 41.8 Å². The first-order valence-corrected chi connectivity index (χ1v) is 5.44. The molecule has 1 radical (unpaired) electrons. The van der Waals surface area contributed by atoms with Gasteiger partial charge < -0.3 is 0 Å². The SMILES string of the molecule is Cc1c(F)cc(F)cc1[B]c1c(F)cc(F)c(F)c1F. The number of halogens is 6. The minimum absolute atomic E-state index is 0.0741. The average Bonchev–Trinajstić information content (AvgIpc) is 2.37. The fourth-order valence-corrected chi connectivity index (χ4v) is 1.68. The minimum Gasteiger partial charge on any atom is -0.207 e. The second-order valence-corrected chi connectivity index (χ2v) is 4.13. The van der Waals surface area contributed by atoms with Crippen LogP contribution in [0.25, 0.3) is 0 Å². The molecule has 0 nitrogen and oxygen atoms in total. The Balaban J connectivity index is 2.54. The van der Waals surface area contributed by atoms with Crippen molar-refractivity contribution >= 4 is 18.2 Å². The lowest BCUT2D eigenvalue weighted by molar-refractivity contribution is 0.440. The van der Waals surface area contributed by atoms with Crippen molar-refractivity contribution in [2.45, 2.75) is 6.92 Å². The van der Waals surface area contributed by atoms with Crippen LogP contribution in [0.3, 0.4) is 0 Å². The van der Waals surface area contributed by atoms with Crippen molar-refractivity contribution in [2.24, 2.45) is 0 Å².